The third kappa shape index (κ3) is 7.58. The Morgan fingerprint density at radius 3 is 2.53 bits per heavy atom. The molecule has 0 aliphatic carbocycles. The minimum atomic E-state index is 0.711. The zero-order valence-corrected chi connectivity index (χ0v) is 13.8. The minimum absolute atomic E-state index is 0.711. The summed E-state index contributed by atoms with van der Waals surface area (Å²) in [6.07, 6.45) is 5.84. The molecule has 0 fully saturated rings. The molecule has 1 aromatic rings. The van der Waals surface area contributed by atoms with Crippen LogP contribution >= 0.6 is 22.5 Å². The Kier molecular flexibility index (Phi) is 8.15. The molecule has 0 heterocycles. The van der Waals surface area contributed by atoms with Gasteiger partial charge in [-0.3, -0.25) is 0 Å². The van der Waals surface area contributed by atoms with Crippen molar-refractivity contribution in [1.29, 1.82) is 0 Å². The molecule has 0 aromatic heterocycles. The maximum atomic E-state index is 5.75. The Balaban J connectivity index is 2.20. The third-order valence-electron chi connectivity index (χ3n) is 3.02. The van der Waals surface area contributed by atoms with Gasteiger partial charge in [0.05, 0.1) is 6.61 Å². The molecule has 1 rings (SSSR count). The molecule has 1 nitrogen and oxygen atoms in total. The average molecular weight is 297 g/mol. The van der Waals surface area contributed by atoms with Crippen molar-refractivity contribution in [2.75, 3.05) is 6.61 Å². The molecule has 0 aliphatic heterocycles. The van der Waals surface area contributed by atoms with Crippen LogP contribution in [-0.2, 0) is 0 Å². The summed E-state index contributed by atoms with van der Waals surface area (Å²) in [5.41, 5.74) is 1.41. The number of rotatable bonds is 8. The van der Waals surface area contributed by atoms with E-state index in [2.05, 4.69) is 38.5 Å². The molecule has 0 saturated heterocycles. The van der Waals surface area contributed by atoms with E-state index in [1.807, 2.05) is 24.3 Å². The molecule has 1 aromatic carbocycles. The summed E-state index contributed by atoms with van der Waals surface area (Å²) in [5.74, 6) is 1.66. The second-order valence-corrected chi connectivity index (χ2v) is 6.37. The fraction of sp³-hybridized carbons (Fsp3) is 0.500. The van der Waals surface area contributed by atoms with Gasteiger partial charge in [-0.15, -0.1) is 11.7 Å². The van der Waals surface area contributed by atoms with E-state index in [0.717, 1.165) is 23.7 Å². The fourth-order valence-electron chi connectivity index (χ4n) is 1.78. The maximum Gasteiger partial charge on any atom is 0.119 e. The van der Waals surface area contributed by atoms with E-state index in [-0.39, 0.29) is 0 Å². The van der Waals surface area contributed by atoms with E-state index in [0.29, 0.717) is 5.92 Å². The molecular weight excluding hydrogens is 272 g/mol. The van der Waals surface area contributed by atoms with Gasteiger partial charge in [-0.1, -0.05) is 29.4 Å². The van der Waals surface area contributed by atoms with Gasteiger partial charge in [0.15, 0.2) is 0 Å². The Morgan fingerprint density at radius 2 is 1.95 bits per heavy atom. The van der Waals surface area contributed by atoms with Crippen molar-refractivity contribution >= 4 is 22.5 Å². The van der Waals surface area contributed by atoms with Crippen molar-refractivity contribution in [3.05, 3.63) is 35.9 Å². The van der Waals surface area contributed by atoms with Crippen LogP contribution < -0.4 is 4.74 Å². The van der Waals surface area contributed by atoms with E-state index in [1.165, 1.54) is 29.2 Å². The Hall–Kier alpha value is -0.540. The summed E-state index contributed by atoms with van der Waals surface area (Å²) >= 11 is 4.16. The second kappa shape index (κ2) is 9.38. The summed E-state index contributed by atoms with van der Waals surface area (Å²) in [6.45, 7) is 7.40. The van der Waals surface area contributed by atoms with Crippen LogP contribution in [0.4, 0.5) is 0 Å². The van der Waals surface area contributed by atoms with Crippen LogP contribution in [0.3, 0.4) is 0 Å². The lowest BCUT2D eigenvalue weighted by atomic mass is 10.0. The first kappa shape index (κ1) is 16.5. The van der Waals surface area contributed by atoms with E-state index >= 15 is 0 Å². The first-order valence-electron chi connectivity index (χ1n) is 6.79. The smallest absolute Gasteiger partial charge is 0.119 e. The lowest BCUT2D eigenvalue weighted by molar-refractivity contribution is 0.279. The highest BCUT2D eigenvalue weighted by Crippen LogP contribution is 2.24. The zero-order chi connectivity index (χ0) is 14.1. The van der Waals surface area contributed by atoms with Gasteiger partial charge in [-0.25, -0.2) is 0 Å². The monoisotopic (exact) mass is 296 g/mol. The highest BCUT2D eigenvalue weighted by atomic mass is 33.1. The molecule has 0 saturated carbocycles. The van der Waals surface area contributed by atoms with Gasteiger partial charge in [-0.2, -0.15) is 0 Å². The molecule has 0 amide bonds. The second-order valence-electron chi connectivity index (χ2n) is 5.16. The van der Waals surface area contributed by atoms with E-state index in [1.54, 1.807) is 0 Å². The van der Waals surface area contributed by atoms with Gasteiger partial charge in [-0.05, 0) is 63.3 Å². The molecule has 0 N–H and O–H groups in total. The number of ether oxygens (including phenoxy) is 1. The normalized spacial score (nSPS) is 12.0. The molecule has 0 radical (unpaired) electrons. The molecular formula is C16H24OS2. The number of allylic oxidation sites excluding steroid dienone is 2. The van der Waals surface area contributed by atoms with Crippen molar-refractivity contribution in [3.63, 3.8) is 0 Å². The lowest BCUT2D eigenvalue weighted by Gasteiger charge is -2.11. The molecule has 1 unspecified atom stereocenters. The maximum absolute atomic E-state index is 5.75. The Morgan fingerprint density at radius 1 is 1.26 bits per heavy atom. The van der Waals surface area contributed by atoms with Gasteiger partial charge in [0.2, 0.25) is 0 Å². The van der Waals surface area contributed by atoms with Gasteiger partial charge >= 0.3 is 0 Å². The standard InChI is InChI=1S/C16H24OS2/c1-13(2)5-4-6-14(3)11-12-17-15-7-9-16(19-18)10-8-15/h5,7-10,14,18H,4,6,11-12H2,1-3H3. The van der Waals surface area contributed by atoms with Crippen molar-refractivity contribution in [2.24, 2.45) is 5.92 Å². The van der Waals surface area contributed by atoms with Crippen molar-refractivity contribution in [1.82, 2.24) is 0 Å². The summed E-state index contributed by atoms with van der Waals surface area (Å²) < 4.78 is 5.75. The lowest BCUT2D eigenvalue weighted by Crippen LogP contribution is -2.04. The highest BCUT2D eigenvalue weighted by Gasteiger charge is 2.02. The molecule has 19 heavy (non-hydrogen) atoms. The van der Waals surface area contributed by atoms with Crippen molar-refractivity contribution in [2.45, 2.75) is 44.9 Å². The number of thiol groups is 1. The van der Waals surface area contributed by atoms with Gasteiger partial charge in [0.25, 0.3) is 0 Å². The van der Waals surface area contributed by atoms with Crippen molar-refractivity contribution < 1.29 is 4.74 Å². The Bertz CT molecular complexity index is 380. The molecule has 0 spiro atoms. The largest absolute Gasteiger partial charge is 0.494 e. The molecule has 0 aliphatic rings. The topological polar surface area (TPSA) is 9.23 Å². The van der Waals surface area contributed by atoms with Gasteiger partial charge in [0.1, 0.15) is 5.75 Å². The summed E-state index contributed by atoms with van der Waals surface area (Å²) in [5, 5.41) is 0. The zero-order valence-electron chi connectivity index (χ0n) is 12.1. The van der Waals surface area contributed by atoms with Crippen LogP contribution in [-0.4, -0.2) is 6.61 Å². The molecule has 0 bridgehead atoms. The van der Waals surface area contributed by atoms with Crippen LogP contribution in [0.5, 0.6) is 5.75 Å². The first-order valence-corrected chi connectivity index (χ1v) is 8.66. The fourth-order valence-corrected chi connectivity index (χ4v) is 2.40. The number of hydrogen-bond donors (Lipinski definition) is 1. The molecule has 1 atom stereocenters. The number of benzene rings is 1. The number of hydrogen-bond acceptors (Lipinski definition) is 3. The van der Waals surface area contributed by atoms with Crippen molar-refractivity contribution in [3.8, 4) is 5.75 Å². The van der Waals surface area contributed by atoms with E-state index in [9.17, 15) is 0 Å². The van der Waals surface area contributed by atoms with Crippen LogP contribution in [0.2, 0.25) is 0 Å². The predicted octanol–water partition coefficient (Wildman–Crippen LogP) is 5.77. The minimum Gasteiger partial charge on any atom is -0.494 e. The van der Waals surface area contributed by atoms with E-state index in [4.69, 9.17) is 4.74 Å². The summed E-state index contributed by atoms with van der Waals surface area (Å²) in [7, 11) is 1.45. The van der Waals surface area contributed by atoms with Crippen LogP contribution in [0.15, 0.2) is 40.8 Å². The summed E-state index contributed by atoms with van der Waals surface area (Å²) in [6, 6.07) is 8.08. The van der Waals surface area contributed by atoms with Crippen LogP contribution in [0.25, 0.3) is 0 Å². The van der Waals surface area contributed by atoms with Crippen LogP contribution in [0.1, 0.15) is 40.0 Å². The Labute approximate surface area is 126 Å². The highest BCUT2D eigenvalue weighted by molar-refractivity contribution is 8.68. The first-order chi connectivity index (χ1) is 9.11. The average Bonchev–Trinajstić information content (AvgIpc) is 2.39. The van der Waals surface area contributed by atoms with Gasteiger partial charge in [0, 0.05) is 4.90 Å². The quantitative estimate of drug-likeness (QED) is 0.370. The SMILES string of the molecule is CC(C)=CCCC(C)CCOc1ccc(SS)cc1. The van der Waals surface area contributed by atoms with Gasteiger partial charge < -0.3 is 4.74 Å². The van der Waals surface area contributed by atoms with E-state index < -0.39 is 0 Å². The third-order valence-corrected chi connectivity index (χ3v) is 4.14. The summed E-state index contributed by atoms with van der Waals surface area (Å²) in [4.78, 5) is 1.14. The molecule has 106 valence electrons. The molecule has 3 heteroatoms. The predicted molar refractivity (Wildman–Crippen MR) is 89.2 cm³/mol. The van der Waals surface area contributed by atoms with Crippen LogP contribution in [0, 0.1) is 5.92 Å².